The number of nitrogens with zero attached hydrogens (tertiary/aromatic N) is 2. The predicted octanol–water partition coefficient (Wildman–Crippen LogP) is 4.41. The monoisotopic (exact) mass is 492 g/mol. The number of thiophene rings is 1. The van der Waals surface area contributed by atoms with Gasteiger partial charge in [0.25, 0.3) is 0 Å². The SMILES string of the molecule is CCOc1ccc(S(=O)(=O)N2CCC(C(=O)OCc3csc(-c4cccs4)n3)CC2)cc1. The molecule has 0 unspecified atom stereocenters. The maximum atomic E-state index is 12.9. The van der Waals surface area contributed by atoms with Crippen molar-refractivity contribution in [2.45, 2.75) is 31.3 Å². The van der Waals surface area contributed by atoms with Crippen LogP contribution in [0.5, 0.6) is 5.75 Å². The smallest absolute Gasteiger partial charge is 0.309 e. The molecule has 1 fully saturated rings. The summed E-state index contributed by atoms with van der Waals surface area (Å²) in [7, 11) is -3.60. The first-order valence-corrected chi connectivity index (χ1v) is 13.5. The molecular weight excluding hydrogens is 468 g/mol. The molecule has 0 amide bonds. The Labute approximate surface area is 195 Å². The summed E-state index contributed by atoms with van der Waals surface area (Å²) in [4.78, 5) is 18.3. The van der Waals surface area contributed by atoms with Gasteiger partial charge in [-0.05, 0) is 55.5 Å². The lowest BCUT2D eigenvalue weighted by Gasteiger charge is -2.30. The highest BCUT2D eigenvalue weighted by molar-refractivity contribution is 7.89. The fraction of sp³-hybridized carbons (Fsp3) is 0.364. The number of aromatic nitrogens is 1. The van der Waals surface area contributed by atoms with Gasteiger partial charge in [-0.15, -0.1) is 22.7 Å². The van der Waals surface area contributed by atoms with Gasteiger partial charge >= 0.3 is 5.97 Å². The lowest BCUT2D eigenvalue weighted by molar-refractivity contribution is -0.151. The van der Waals surface area contributed by atoms with Crippen molar-refractivity contribution in [1.82, 2.24) is 9.29 Å². The van der Waals surface area contributed by atoms with Gasteiger partial charge in [-0.25, -0.2) is 13.4 Å². The summed E-state index contributed by atoms with van der Waals surface area (Å²) in [5, 5.41) is 4.81. The highest BCUT2D eigenvalue weighted by atomic mass is 32.2. The Morgan fingerprint density at radius 3 is 2.56 bits per heavy atom. The molecule has 1 aliphatic heterocycles. The van der Waals surface area contributed by atoms with E-state index in [0.717, 1.165) is 15.6 Å². The van der Waals surface area contributed by atoms with Crippen LogP contribution in [0.2, 0.25) is 0 Å². The van der Waals surface area contributed by atoms with Crippen molar-refractivity contribution in [1.29, 1.82) is 0 Å². The molecule has 2 aromatic heterocycles. The molecule has 0 aliphatic carbocycles. The van der Waals surface area contributed by atoms with Crippen molar-refractivity contribution in [2.75, 3.05) is 19.7 Å². The molecule has 3 heterocycles. The van der Waals surface area contributed by atoms with Crippen LogP contribution in [0.25, 0.3) is 9.88 Å². The number of hydrogen-bond donors (Lipinski definition) is 0. The summed E-state index contributed by atoms with van der Waals surface area (Å²) in [5.74, 6) is 0.0292. The van der Waals surface area contributed by atoms with Crippen molar-refractivity contribution >= 4 is 38.7 Å². The molecule has 1 saturated heterocycles. The highest BCUT2D eigenvalue weighted by Crippen LogP contribution is 2.29. The third-order valence-corrected chi connectivity index (χ3v) is 9.05. The van der Waals surface area contributed by atoms with Crippen molar-refractivity contribution in [3.63, 3.8) is 0 Å². The number of thiazole rings is 1. The zero-order valence-electron chi connectivity index (χ0n) is 17.6. The van der Waals surface area contributed by atoms with Gasteiger partial charge in [-0.2, -0.15) is 4.31 Å². The summed E-state index contributed by atoms with van der Waals surface area (Å²) < 4.78 is 38.1. The third-order valence-electron chi connectivity index (χ3n) is 5.21. The molecule has 4 rings (SSSR count). The largest absolute Gasteiger partial charge is 0.494 e. The fourth-order valence-corrected chi connectivity index (χ4v) is 6.59. The van der Waals surface area contributed by atoms with Crippen molar-refractivity contribution < 1.29 is 22.7 Å². The van der Waals surface area contributed by atoms with Gasteiger partial charge < -0.3 is 9.47 Å². The average Bonchev–Trinajstić information content (AvgIpc) is 3.50. The first-order chi connectivity index (χ1) is 15.5. The Bertz CT molecular complexity index is 1130. The van der Waals surface area contributed by atoms with Gasteiger partial charge in [0.2, 0.25) is 10.0 Å². The van der Waals surface area contributed by atoms with Gasteiger partial charge in [-0.3, -0.25) is 4.79 Å². The van der Waals surface area contributed by atoms with Gasteiger partial charge in [0.05, 0.1) is 28.0 Å². The number of esters is 1. The van der Waals surface area contributed by atoms with Crippen LogP contribution in [0.1, 0.15) is 25.5 Å². The van der Waals surface area contributed by atoms with E-state index in [2.05, 4.69) is 4.98 Å². The Balaban J connectivity index is 1.28. The van der Waals surface area contributed by atoms with Gasteiger partial charge in [0, 0.05) is 18.5 Å². The van der Waals surface area contributed by atoms with Crippen molar-refractivity contribution in [2.24, 2.45) is 5.92 Å². The topological polar surface area (TPSA) is 85.8 Å². The zero-order chi connectivity index (χ0) is 22.6. The normalized spacial score (nSPS) is 15.5. The number of rotatable bonds is 8. The quantitative estimate of drug-likeness (QED) is 0.433. The van der Waals surface area contributed by atoms with E-state index < -0.39 is 10.0 Å². The molecule has 170 valence electrons. The van der Waals surface area contributed by atoms with Crippen LogP contribution in [-0.2, 0) is 26.2 Å². The van der Waals surface area contributed by atoms with E-state index in [9.17, 15) is 13.2 Å². The molecule has 7 nitrogen and oxygen atoms in total. The summed E-state index contributed by atoms with van der Waals surface area (Å²) in [5.41, 5.74) is 0.724. The number of carbonyl (C=O) groups is 1. The fourth-order valence-electron chi connectivity index (χ4n) is 3.51. The van der Waals surface area contributed by atoms with Crippen LogP contribution in [0.3, 0.4) is 0 Å². The molecule has 1 aromatic carbocycles. The summed E-state index contributed by atoms with van der Waals surface area (Å²) in [6, 6.07) is 10.4. The van der Waals surface area contributed by atoms with Gasteiger partial charge in [0.1, 0.15) is 17.4 Å². The first-order valence-electron chi connectivity index (χ1n) is 10.4. The lowest BCUT2D eigenvalue weighted by Crippen LogP contribution is -2.40. The molecule has 10 heteroatoms. The number of ether oxygens (including phenoxy) is 2. The Morgan fingerprint density at radius 2 is 1.91 bits per heavy atom. The number of benzene rings is 1. The lowest BCUT2D eigenvalue weighted by atomic mass is 9.98. The minimum atomic E-state index is -3.60. The number of sulfonamides is 1. The second kappa shape index (κ2) is 10.1. The van der Waals surface area contributed by atoms with Gasteiger partial charge in [0.15, 0.2) is 0 Å². The van der Waals surface area contributed by atoms with E-state index >= 15 is 0 Å². The summed E-state index contributed by atoms with van der Waals surface area (Å²) in [6.45, 7) is 3.10. The molecule has 0 radical (unpaired) electrons. The van der Waals surface area contributed by atoms with Crippen LogP contribution >= 0.6 is 22.7 Å². The maximum absolute atomic E-state index is 12.9. The van der Waals surface area contributed by atoms with E-state index in [1.807, 2.05) is 29.8 Å². The van der Waals surface area contributed by atoms with E-state index in [1.165, 1.54) is 15.6 Å². The van der Waals surface area contributed by atoms with Crippen LogP contribution in [0.15, 0.2) is 52.1 Å². The molecule has 0 bridgehead atoms. The first kappa shape index (κ1) is 22.9. The second-order valence-electron chi connectivity index (χ2n) is 7.31. The predicted molar refractivity (Wildman–Crippen MR) is 124 cm³/mol. The van der Waals surface area contributed by atoms with E-state index in [0.29, 0.717) is 25.2 Å². The molecule has 0 atom stereocenters. The molecule has 1 aliphatic rings. The molecule has 32 heavy (non-hydrogen) atoms. The molecule has 0 saturated carbocycles. The Kier molecular flexibility index (Phi) is 7.24. The summed E-state index contributed by atoms with van der Waals surface area (Å²) in [6.07, 6.45) is 0.874. The standard InChI is InChI=1S/C22H24N2O5S3/c1-2-28-18-5-7-19(8-6-18)32(26,27)24-11-9-16(10-12-24)22(25)29-14-17-15-31-21(23-17)20-4-3-13-30-20/h3-8,13,15-16H,2,9-12,14H2,1H3. The van der Waals surface area contributed by atoms with Crippen molar-refractivity contribution in [3.8, 4) is 15.6 Å². The Hall–Kier alpha value is -2.27. The second-order valence-corrected chi connectivity index (χ2v) is 11.1. The molecule has 0 N–H and O–H groups in total. The van der Waals surface area contributed by atoms with Crippen LogP contribution in [0.4, 0.5) is 0 Å². The minimum absolute atomic E-state index is 0.130. The van der Waals surface area contributed by atoms with Gasteiger partial charge in [-0.1, -0.05) is 6.07 Å². The van der Waals surface area contributed by atoms with E-state index in [-0.39, 0.29) is 36.5 Å². The summed E-state index contributed by atoms with van der Waals surface area (Å²) >= 11 is 3.15. The van der Waals surface area contributed by atoms with Crippen LogP contribution in [0, 0.1) is 5.92 Å². The highest BCUT2D eigenvalue weighted by Gasteiger charge is 2.33. The van der Waals surface area contributed by atoms with Crippen LogP contribution in [-0.4, -0.2) is 43.4 Å². The number of carbonyl (C=O) groups excluding carboxylic acids is 1. The third kappa shape index (κ3) is 5.20. The number of hydrogen-bond acceptors (Lipinski definition) is 8. The van der Waals surface area contributed by atoms with E-state index in [4.69, 9.17) is 9.47 Å². The molecule has 3 aromatic rings. The average molecular weight is 493 g/mol. The molecular formula is C22H24N2O5S3. The van der Waals surface area contributed by atoms with Crippen LogP contribution < -0.4 is 4.74 Å². The molecule has 0 spiro atoms. The maximum Gasteiger partial charge on any atom is 0.309 e. The minimum Gasteiger partial charge on any atom is -0.494 e. The zero-order valence-corrected chi connectivity index (χ0v) is 20.0. The van der Waals surface area contributed by atoms with E-state index in [1.54, 1.807) is 35.6 Å². The number of piperidine rings is 1. The Morgan fingerprint density at radius 1 is 1.16 bits per heavy atom. The van der Waals surface area contributed by atoms with Crippen molar-refractivity contribution in [3.05, 3.63) is 52.9 Å².